The molecule has 96 valence electrons. The summed E-state index contributed by atoms with van der Waals surface area (Å²) in [6.07, 6.45) is 6.14. The number of nitrogens with one attached hydrogen (secondary N) is 1. The Bertz CT molecular complexity index is 198. The molecule has 0 bridgehead atoms. The van der Waals surface area contributed by atoms with Crippen LogP contribution in [0.5, 0.6) is 0 Å². The molecule has 1 saturated carbocycles. The van der Waals surface area contributed by atoms with Gasteiger partial charge in [0.25, 0.3) is 0 Å². The van der Waals surface area contributed by atoms with Crippen molar-refractivity contribution in [1.82, 2.24) is 5.32 Å². The summed E-state index contributed by atoms with van der Waals surface area (Å²) in [5, 5.41) is 13.1. The van der Waals surface area contributed by atoms with Gasteiger partial charge in [-0.1, -0.05) is 19.3 Å². The van der Waals surface area contributed by atoms with E-state index in [-0.39, 0.29) is 11.0 Å². The SMILES string of the molecule is COCC(C)(C)NCC1(CO)CCCCC1. The Morgan fingerprint density at radius 2 is 1.88 bits per heavy atom. The number of methoxy groups -OCH3 is 1. The number of rotatable bonds is 6. The van der Waals surface area contributed by atoms with Gasteiger partial charge in [-0.3, -0.25) is 0 Å². The fourth-order valence-electron chi connectivity index (χ4n) is 2.53. The summed E-state index contributed by atoms with van der Waals surface area (Å²) < 4.78 is 5.19. The van der Waals surface area contributed by atoms with Gasteiger partial charge in [0.2, 0.25) is 0 Å². The van der Waals surface area contributed by atoms with Crippen molar-refractivity contribution in [2.45, 2.75) is 51.5 Å². The highest BCUT2D eigenvalue weighted by Gasteiger charge is 2.32. The minimum absolute atomic E-state index is 0.00559. The van der Waals surface area contributed by atoms with Crippen molar-refractivity contribution in [2.75, 3.05) is 26.9 Å². The zero-order chi connectivity index (χ0) is 12.1. The van der Waals surface area contributed by atoms with Crippen molar-refractivity contribution in [2.24, 2.45) is 5.41 Å². The summed E-state index contributed by atoms with van der Waals surface area (Å²) in [4.78, 5) is 0. The molecule has 1 rings (SSSR count). The first-order valence-electron chi connectivity index (χ1n) is 6.38. The monoisotopic (exact) mass is 229 g/mol. The van der Waals surface area contributed by atoms with Crippen LogP contribution in [0.2, 0.25) is 0 Å². The van der Waals surface area contributed by atoms with E-state index in [2.05, 4.69) is 19.2 Å². The fourth-order valence-corrected chi connectivity index (χ4v) is 2.53. The molecule has 0 aliphatic heterocycles. The lowest BCUT2D eigenvalue weighted by Gasteiger charge is -2.39. The average Bonchev–Trinajstić information content (AvgIpc) is 2.28. The molecule has 0 aromatic heterocycles. The van der Waals surface area contributed by atoms with E-state index in [1.54, 1.807) is 7.11 Å². The number of aliphatic hydroxyl groups is 1. The van der Waals surface area contributed by atoms with E-state index in [0.29, 0.717) is 13.2 Å². The lowest BCUT2D eigenvalue weighted by atomic mass is 9.74. The molecule has 1 aliphatic carbocycles. The molecular formula is C13H27NO2. The van der Waals surface area contributed by atoms with Gasteiger partial charge in [-0.05, 0) is 26.7 Å². The van der Waals surface area contributed by atoms with E-state index < -0.39 is 0 Å². The third-order valence-corrected chi connectivity index (χ3v) is 3.70. The molecule has 0 aromatic rings. The van der Waals surface area contributed by atoms with Crippen molar-refractivity contribution in [3.8, 4) is 0 Å². The largest absolute Gasteiger partial charge is 0.396 e. The van der Waals surface area contributed by atoms with E-state index in [1.165, 1.54) is 19.3 Å². The molecule has 0 unspecified atom stereocenters. The first-order valence-corrected chi connectivity index (χ1v) is 6.38. The van der Waals surface area contributed by atoms with Gasteiger partial charge in [0.15, 0.2) is 0 Å². The number of hydrogen-bond donors (Lipinski definition) is 2. The van der Waals surface area contributed by atoms with Gasteiger partial charge in [-0.25, -0.2) is 0 Å². The van der Waals surface area contributed by atoms with Crippen LogP contribution in [0.15, 0.2) is 0 Å². The minimum atomic E-state index is -0.00559. The number of hydrogen-bond acceptors (Lipinski definition) is 3. The van der Waals surface area contributed by atoms with Gasteiger partial charge in [-0.2, -0.15) is 0 Å². The lowest BCUT2D eigenvalue weighted by Crippen LogP contribution is -2.50. The second-order valence-corrected chi connectivity index (χ2v) is 5.89. The first-order chi connectivity index (χ1) is 7.54. The van der Waals surface area contributed by atoms with E-state index in [9.17, 15) is 5.11 Å². The molecule has 3 heteroatoms. The van der Waals surface area contributed by atoms with Crippen LogP contribution in [0, 0.1) is 5.41 Å². The van der Waals surface area contributed by atoms with Crippen molar-refractivity contribution >= 4 is 0 Å². The molecule has 1 aliphatic rings. The van der Waals surface area contributed by atoms with Crippen LogP contribution in [0.25, 0.3) is 0 Å². The Morgan fingerprint density at radius 3 is 2.38 bits per heavy atom. The van der Waals surface area contributed by atoms with Gasteiger partial charge in [0.1, 0.15) is 0 Å². The molecule has 3 nitrogen and oxygen atoms in total. The van der Waals surface area contributed by atoms with Gasteiger partial charge >= 0.3 is 0 Å². The summed E-state index contributed by atoms with van der Waals surface area (Å²) in [5.74, 6) is 0. The molecule has 0 amide bonds. The summed E-state index contributed by atoms with van der Waals surface area (Å²) >= 11 is 0. The maximum absolute atomic E-state index is 9.60. The molecular weight excluding hydrogens is 202 g/mol. The normalized spacial score (nSPS) is 21.0. The number of ether oxygens (including phenoxy) is 1. The predicted molar refractivity (Wildman–Crippen MR) is 66.6 cm³/mol. The standard InChI is InChI=1S/C13H27NO2/c1-12(2,11-16-3)14-9-13(10-15)7-5-4-6-8-13/h14-15H,4-11H2,1-3H3. The minimum Gasteiger partial charge on any atom is -0.396 e. The molecule has 0 atom stereocenters. The van der Waals surface area contributed by atoms with E-state index >= 15 is 0 Å². The van der Waals surface area contributed by atoms with Crippen LogP contribution < -0.4 is 5.32 Å². The van der Waals surface area contributed by atoms with Crippen molar-refractivity contribution in [3.05, 3.63) is 0 Å². The Hall–Kier alpha value is -0.120. The zero-order valence-electron chi connectivity index (χ0n) is 11.0. The fraction of sp³-hybridized carbons (Fsp3) is 1.00. The molecule has 2 N–H and O–H groups in total. The second-order valence-electron chi connectivity index (χ2n) is 5.89. The Morgan fingerprint density at radius 1 is 1.25 bits per heavy atom. The van der Waals surface area contributed by atoms with Gasteiger partial charge < -0.3 is 15.2 Å². The Balaban J connectivity index is 2.44. The van der Waals surface area contributed by atoms with Gasteiger partial charge in [-0.15, -0.1) is 0 Å². The molecule has 0 saturated heterocycles. The Labute approximate surface area is 99.6 Å². The number of aliphatic hydroxyl groups excluding tert-OH is 1. The van der Waals surface area contributed by atoms with Gasteiger partial charge in [0.05, 0.1) is 6.61 Å². The smallest absolute Gasteiger partial charge is 0.0639 e. The van der Waals surface area contributed by atoms with Crippen molar-refractivity contribution in [3.63, 3.8) is 0 Å². The topological polar surface area (TPSA) is 41.5 Å². The highest BCUT2D eigenvalue weighted by atomic mass is 16.5. The van der Waals surface area contributed by atoms with Crippen molar-refractivity contribution < 1.29 is 9.84 Å². The van der Waals surface area contributed by atoms with E-state index in [0.717, 1.165) is 19.4 Å². The molecule has 1 fully saturated rings. The third kappa shape index (κ3) is 4.04. The van der Waals surface area contributed by atoms with Gasteiger partial charge in [0, 0.05) is 31.2 Å². The Kier molecular flexibility index (Phi) is 5.22. The molecule has 0 aromatic carbocycles. The lowest BCUT2D eigenvalue weighted by molar-refractivity contribution is 0.0604. The average molecular weight is 229 g/mol. The van der Waals surface area contributed by atoms with E-state index in [1.807, 2.05) is 0 Å². The van der Waals surface area contributed by atoms with Crippen LogP contribution in [-0.4, -0.2) is 37.5 Å². The van der Waals surface area contributed by atoms with Crippen LogP contribution in [-0.2, 0) is 4.74 Å². The highest BCUT2D eigenvalue weighted by Crippen LogP contribution is 2.35. The van der Waals surface area contributed by atoms with E-state index in [4.69, 9.17) is 4.74 Å². The van der Waals surface area contributed by atoms with Crippen LogP contribution in [0.4, 0.5) is 0 Å². The molecule has 0 spiro atoms. The van der Waals surface area contributed by atoms with Crippen molar-refractivity contribution in [1.29, 1.82) is 0 Å². The third-order valence-electron chi connectivity index (χ3n) is 3.70. The quantitative estimate of drug-likeness (QED) is 0.731. The van der Waals surface area contributed by atoms with Crippen LogP contribution in [0.3, 0.4) is 0 Å². The summed E-state index contributed by atoms with van der Waals surface area (Å²) in [5.41, 5.74) is 0.109. The predicted octanol–water partition coefficient (Wildman–Crippen LogP) is 1.94. The molecule has 0 radical (unpaired) electrons. The summed E-state index contributed by atoms with van der Waals surface area (Å²) in [7, 11) is 1.73. The first kappa shape index (κ1) is 13.9. The highest BCUT2D eigenvalue weighted by molar-refractivity contribution is 4.88. The maximum atomic E-state index is 9.60. The second kappa shape index (κ2) is 5.99. The van der Waals surface area contributed by atoms with Crippen LogP contribution >= 0.6 is 0 Å². The molecule has 16 heavy (non-hydrogen) atoms. The summed E-state index contributed by atoms with van der Waals surface area (Å²) in [6.45, 7) is 6.20. The molecule has 0 heterocycles. The maximum Gasteiger partial charge on any atom is 0.0639 e. The zero-order valence-corrected chi connectivity index (χ0v) is 11.0. The van der Waals surface area contributed by atoms with Crippen LogP contribution in [0.1, 0.15) is 46.0 Å². The summed E-state index contributed by atoms with van der Waals surface area (Å²) in [6, 6.07) is 0.